The molecular formula is C14H19N3O2. The molecule has 19 heavy (non-hydrogen) atoms. The quantitative estimate of drug-likeness (QED) is 0.706. The lowest BCUT2D eigenvalue weighted by Gasteiger charge is -2.23. The number of benzene rings is 1. The van der Waals surface area contributed by atoms with Gasteiger partial charge in [-0.3, -0.25) is 5.32 Å². The van der Waals surface area contributed by atoms with E-state index in [1.54, 1.807) is 6.20 Å². The van der Waals surface area contributed by atoms with Crippen LogP contribution in [0.5, 0.6) is 0 Å². The Morgan fingerprint density at radius 2 is 1.89 bits per heavy atom. The van der Waals surface area contributed by atoms with Crippen LogP contribution in [0.4, 0.5) is 0 Å². The van der Waals surface area contributed by atoms with Crippen LogP contribution in [0.2, 0.25) is 0 Å². The van der Waals surface area contributed by atoms with E-state index in [2.05, 4.69) is 10.3 Å². The molecule has 2 aromatic rings. The molecule has 1 aromatic heterocycles. The zero-order valence-electron chi connectivity index (χ0n) is 10.9. The highest BCUT2D eigenvalue weighted by molar-refractivity contribution is 5.25. The predicted molar refractivity (Wildman–Crippen MR) is 72.6 cm³/mol. The maximum atomic E-state index is 9.24. The van der Waals surface area contributed by atoms with Gasteiger partial charge in [-0.25, -0.2) is 4.98 Å². The summed E-state index contributed by atoms with van der Waals surface area (Å²) in [5, 5.41) is 21.7. The van der Waals surface area contributed by atoms with Crippen molar-refractivity contribution < 1.29 is 10.2 Å². The fraction of sp³-hybridized carbons (Fsp3) is 0.357. The number of hydrogen-bond donors (Lipinski definition) is 3. The van der Waals surface area contributed by atoms with Gasteiger partial charge in [0.2, 0.25) is 0 Å². The van der Waals surface area contributed by atoms with Crippen molar-refractivity contribution in [2.24, 2.45) is 7.05 Å². The van der Waals surface area contributed by atoms with Crippen molar-refractivity contribution >= 4 is 0 Å². The molecule has 0 saturated carbocycles. The van der Waals surface area contributed by atoms with Gasteiger partial charge in [-0.2, -0.15) is 0 Å². The fourth-order valence-corrected chi connectivity index (χ4v) is 2.02. The van der Waals surface area contributed by atoms with E-state index in [0.29, 0.717) is 0 Å². The third-order valence-corrected chi connectivity index (χ3v) is 3.09. The van der Waals surface area contributed by atoms with Gasteiger partial charge in [-0.15, -0.1) is 0 Å². The van der Waals surface area contributed by atoms with Gasteiger partial charge in [-0.1, -0.05) is 30.3 Å². The van der Waals surface area contributed by atoms with Gasteiger partial charge in [0, 0.05) is 19.4 Å². The van der Waals surface area contributed by atoms with Crippen molar-refractivity contribution in [1.82, 2.24) is 14.9 Å². The smallest absolute Gasteiger partial charge is 0.130 e. The molecule has 0 radical (unpaired) electrons. The van der Waals surface area contributed by atoms with Crippen LogP contribution in [0.3, 0.4) is 0 Å². The minimum absolute atomic E-state index is 0.121. The molecule has 0 bridgehead atoms. The molecule has 102 valence electrons. The molecule has 3 N–H and O–H groups in total. The molecule has 0 amide bonds. The number of aryl methyl sites for hydroxylation is 1. The summed E-state index contributed by atoms with van der Waals surface area (Å²) in [4.78, 5) is 4.35. The molecule has 0 aliphatic rings. The van der Waals surface area contributed by atoms with Gasteiger partial charge in [0.15, 0.2) is 0 Å². The van der Waals surface area contributed by atoms with E-state index in [1.807, 2.05) is 48.1 Å². The first-order chi connectivity index (χ1) is 9.26. The minimum atomic E-state index is -0.373. The van der Waals surface area contributed by atoms with Crippen molar-refractivity contribution in [3.8, 4) is 0 Å². The van der Waals surface area contributed by atoms with E-state index in [4.69, 9.17) is 0 Å². The molecule has 0 aliphatic heterocycles. The minimum Gasteiger partial charge on any atom is -0.395 e. The second-order valence-corrected chi connectivity index (χ2v) is 4.47. The van der Waals surface area contributed by atoms with Gasteiger partial charge in [0.05, 0.1) is 25.3 Å². The lowest BCUT2D eigenvalue weighted by atomic mass is 10.1. The Morgan fingerprint density at radius 3 is 2.42 bits per heavy atom. The molecule has 0 unspecified atom stereocenters. The summed E-state index contributed by atoms with van der Waals surface area (Å²) in [6.45, 7) is -0.242. The van der Waals surface area contributed by atoms with Crippen molar-refractivity contribution in [2.45, 2.75) is 12.1 Å². The molecular weight excluding hydrogens is 242 g/mol. The molecule has 5 heteroatoms. The standard InChI is InChI=1S/C14H19N3O2/c1-17-8-7-15-14(17)13(16-12(9-18)10-19)11-5-3-2-4-6-11/h2-8,12-13,16,18-19H,9-10H2,1H3/t13-/m1/s1. The number of nitrogens with one attached hydrogen (secondary N) is 1. The maximum Gasteiger partial charge on any atom is 0.130 e. The topological polar surface area (TPSA) is 70.3 Å². The van der Waals surface area contributed by atoms with Crippen molar-refractivity contribution in [3.63, 3.8) is 0 Å². The van der Waals surface area contributed by atoms with E-state index in [1.165, 1.54) is 0 Å². The lowest BCUT2D eigenvalue weighted by Crippen LogP contribution is -2.39. The van der Waals surface area contributed by atoms with Crippen LogP contribution < -0.4 is 5.32 Å². The molecule has 0 aliphatic carbocycles. The maximum absolute atomic E-state index is 9.24. The Hall–Kier alpha value is -1.69. The van der Waals surface area contributed by atoms with E-state index < -0.39 is 0 Å². The highest BCUT2D eigenvalue weighted by Gasteiger charge is 2.21. The first kappa shape index (κ1) is 13.7. The van der Waals surface area contributed by atoms with Gasteiger partial charge >= 0.3 is 0 Å². The summed E-state index contributed by atoms with van der Waals surface area (Å²) in [6, 6.07) is 9.33. The van der Waals surface area contributed by atoms with Crippen molar-refractivity contribution in [2.75, 3.05) is 13.2 Å². The molecule has 1 atom stereocenters. The Balaban J connectivity index is 2.31. The van der Waals surface area contributed by atoms with E-state index >= 15 is 0 Å². The van der Waals surface area contributed by atoms with Crippen LogP contribution in [0.15, 0.2) is 42.7 Å². The van der Waals surface area contributed by atoms with Gasteiger partial charge < -0.3 is 14.8 Å². The highest BCUT2D eigenvalue weighted by atomic mass is 16.3. The normalized spacial score (nSPS) is 12.8. The summed E-state index contributed by atoms with van der Waals surface area (Å²) in [5.41, 5.74) is 1.05. The van der Waals surface area contributed by atoms with Gasteiger partial charge in [0.25, 0.3) is 0 Å². The number of rotatable bonds is 6. The molecule has 1 heterocycles. The highest BCUT2D eigenvalue weighted by Crippen LogP contribution is 2.20. The van der Waals surface area contributed by atoms with Crippen LogP contribution in [0, 0.1) is 0 Å². The van der Waals surface area contributed by atoms with Crippen LogP contribution in [-0.2, 0) is 7.05 Å². The zero-order valence-corrected chi connectivity index (χ0v) is 10.9. The second-order valence-electron chi connectivity index (χ2n) is 4.47. The number of nitrogens with zero attached hydrogens (tertiary/aromatic N) is 2. The number of aliphatic hydroxyl groups is 2. The van der Waals surface area contributed by atoms with E-state index in [0.717, 1.165) is 11.4 Å². The monoisotopic (exact) mass is 261 g/mol. The van der Waals surface area contributed by atoms with E-state index in [-0.39, 0.29) is 25.3 Å². The number of imidazole rings is 1. The van der Waals surface area contributed by atoms with Crippen LogP contribution in [-0.4, -0.2) is 39.0 Å². The Morgan fingerprint density at radius 1 is 1.21 bits per heavy atom. The number of aromatic nitrogens is 2. The molecule has 2 rings (SSSR count). The first-order valence-corrected chi connectivity index (χ1v) is 6.26. The number of hydrogen-bond acceptors (Lipinski definition) is 4. The fourth-order valence-electron chi connectivity index (χ4n) is 2.02. The molecule has 0 saturated heterocycles. The molecule has 1 aromatic carbocycles. The summed E-state index contributed by atoms with van der Waals surface area (Å²) in [7, 11) is 1.92. The van der Waals surface area contributed by atoms with Gasteiger partial charge in [-0.05, 0) is 5.56 Å². The summed E-state index contributed by atoms with van der Waals surface area (Å²) in [6.07, 6.45) is 3.61. The van der Waals surface area contributed by atoms with E-state index in [9.17, 15) is 10.2 Å². The Kier molecular flexibility index (Phi) is 4.68. The number of aliphatic hydroxyl groups excluding tert-OH is 2. The predicted octanol–water partition coefficient (Wildman–Crippen LogP) is 0.452. The second kappa shape index (κ2) is 6.47. The van der Waals surface area contributed by atoms with Crippen LogP contribution in [0.1, 0.15) is 17.4 Å². The van der Waals surface area contributed by atoms with Crippen LogP contribution in [0.25, 0.3) is 0 Å². The van der Waals surface area contributed by atoms with Crippen molar-refractivity contribution in [3.05, 3.63) is 54.1 Å². The molecule has 0 fully saturated rings. The third kappa shape index (κ3) is 3.20. The summed E-state index contributed by atoms with van der Waals surface area (Å²) >= 11 is 0. The average Bonchev–Trinajstić information content (AvgIpc) is 2.87. The third-order valence-electron chi connectivity index (χ3n) is 3.09. The molecule has 5 nitrogen and oxygen atoms in total. The lowest BCUT2D eigenvalue weighted by molar-refractivity contribution is 0.164. The first-order valence-electron chi connectivity index (χ1n) is 6.26. The Bertz CT molecular complexity index is 494. The summed E-state index contributed by atoms with van der Waals surface area (Å²) in [5.74, 6) is 0.845. The largest absolute Gasteiger partial charge is 0.395 e. The van der Waals surface area contributed by atoms with Crippen LogP contribution >= 0.6 is 0 Å². The SMILES string of the molecule is Cn1ccnc1[C@H](NC(CO)CO)c1ccccc1. The summed E-state index contributed by atoms with van der Waals surface area (Å²) < 4.78 is 1.93. The average molecular weight is 261 g/mol. The van der Waals surface area contributed by atoms with Crippen molar-refractivity contribution in [1.29, 1.82) is 0 Å². The Labute approximate surface area is 112 Å². The molecule has 0 spiro atoms. The van der Waals surface area contributed by atoms with Gasteiger partial charge in [0.1, 0.15) is 5.82 Å². The zero-order chi connectivity index (χ0) is 13.7.